The number of aromatic hydroxyl groups is 1. The monoisotopic (exact) mass is 633 g/mol. The molecule has 3 heterocycles. The van der Waals surface area contributed by atoms with Gasteiger partial charge in [0, 0.05) is 27.4 Å². The number of benzene rings is 4. The smallest absolute Gasteiger partial charge is 0.146 e. The van der Waals surface area contributed by atoms with Crippen LogP contribution < -0.4 is 0 Å². The van der Waals surface area contributed by atoms with Crippen LogP contribution in [-0.2, 0) is 10.8 Å². The first-order valence-electron chi connectivity index (χ1n) is 16.1. The standard InChI is InChI=1S/C42H39N3OS/c1-41(2,3)30-19-20-35-32(25-30)33-26-34(42(4,5)6)39(44-40(33)45(35)36-17-10-11-18-37(36)46)29-15-12-16-31(23-29)47-38-24-28(21-22-43-38)27-13-8-7-9-14-27/h7-26,46H,1-6H3. The molecule has 47 heavy (non-hydrogen) atoms. The predicted octanol–water partition coefficient (Wildman–Crippen LogP) is 11.4. The highest BCUT2D eigenvalue weighted by molar-refractivity contribution is 7.99. The first-order chi connectivity index (χ1) is 22.5. The molecule has 0 atom stereocenters. The van der Waals surface area contributed by atoms with Gasteiger partial charge >= 0.3 is 0 Å². The van der Waals surface area contributed by atoms with Gasteiger partial charge in [0.15, 0.2) is 0 Å². The lowest BCUT2D eigenvalue weighted by Gasteiger charge is -2.23. The Hall–Kier alpha value is -4.87. The molecule has 1 N–H and O–H groups in total. The number of pyridine rings is 2. The van der Waals surface area contributed by atoms with Gasteiger partial charge in [0.2, 0.25) is 0 Å². The molecule has 0 unspecified atom stereocenters. The summed E-state index contributed by atoms with van der Waals surface area (Å²) in [6.45, 7) is 13.5. The quantitative estimate of drug-likeness (QED) is 0.205. The number of hydrogen-bond acceptors (Lipinski definition) is 4. The maximum atomic E-state index is 11.1. The molecule has 0 saturated heterocycles. The Morgan fingerprint density at radius 3 is 2.13 bits per heavy atom. The van der Waals surface area contributed by atoms with Crippen LogP contribution in [0, 0.1) is 0 Å². The van der Waals surface area contributed by atoms with Crippen LogP contribution in [0.2, 0.25) is 0 Å². The second kappa shape index (κ2) is 11.7. The zero-order valence-electron chi connectivity index (χ0n) is 27.7. The van der Waals surface area contributed by atoms with E-state index < -0.39 is 0 Å². The Bertz CT molecular complexity index is 2260. The molecular formula is C42H39N3OS. The van der Waals surface area contributed by atoms with E-state index in [1.165, 1.54) is 16.7 Å². The number of hydrogen-bond donors (Lipinski definition) is 1. The van der Waals surface area contributed by atoms with Crippen molar-refractivity contribution in [2.45, 2.75) is 62.3 Å². The van der Waals surface area contributed by atoms with Gasteiger partial charge < -0.3 is 5.11 Å². The summed E-state index contributed by atoms with van der Waals surface area (Å²) in [5, 5.41) is 14.2. The van der Waals surface area contributed by atoms with Crippen LogP contribution in [0.3, 0.4) is 0 Å². The van der Waals surface area contributed by atoms with Crippen molar-refractivity contribution < 1.29 is 5.11 Å². The van der Waals surface area contributed by atoms with Crippen molar-refractivity contribution in [1.82, 2.24) is 14.5 Å². The fraction of sp³-hybridized carbons (Fsp3) is 0.190. The Kier molecular flexibility index (Phi) is 7.68. The summed E-state index contributed by atoms with van der Waals surface area (Å²) in [6.07, 6.45) is 1.88. The molecule has 234 valence electrons. The molecule has 7 aromatic rings. The highest BCUT2D eigenvalue weighted by Gasteiger charge is 2.26. The van der Waals surface area contributed by atoms with E-state index in [4.69, 9.17) is 4.98 Å². The van der Waals surface area contributed by atoms with Gasteiger partial charge in [0.25, 0.3) is 0 Å². The van der Waals surface area contributed by atoms with Crippen LogP contribution >= 0.6 is 11.8 Å². The molecule has 7 rings (SSSR count). The Morgan fingerprint density at radius 1 is 0.638 bits per heavy atom. The first-order valence-corrected chi connectivity index (χ1v) is 16.9. The van der Waals surface area contributed by atoms with Crippen LogP contribution in [0.15, 0.2) is 131 Å². The average molecular weight is 634 g/mol. The van der Waals surface area contributed by atoms with Gasteiger partial charge in [-0.3, -0.25) is 4.57 Å². The zero-order valence-corrected chi connectivity index (χ0v) is 28.6. The van der Waals surface area contributed by atoms with Gasteiger partial charge in [-0.1, -0.05) is 114 Å². The third kappa shape index (κ3) is 5.92. The highest BCUT2D eigenvalue weighted by Crippen LogP contribution is 2.42. The molecule has 4 nitrogen and oxygen atoms in total. The van der Waals surface area contributed by atoms with E-state index in [1.807, 2.05) is 30.5 Å². The number of phenolic OH excluding ortho intramolecular Hbond substituents is 1. The van der Waals surface area contributed by atoms with Crippen LogP contribution in [0.5, 0.6) is 5.75 Å². The van der Waals surface area contributed by atoms with Crippen molar-refractivity contribution in [1.29, 1.82) is 0 Å². The average Bonchev–Trinajstić information content (AvgIpc) is 3.37. The van der Waals surface area contributed by atoms with E-state index in [0.717, 1.165) is 48.7 Å². The van der Waals surface area contributed by atoms with E-state index in [0.29, 0.717) is 5.69 Å². The number of rotatable bonds is 5. The van der Waals surface area contributed by atoms with Gasteiger partial charge in [-0.25, -0.2) is 9.97 Å². The van der Waals surface area contributed by atoms with Gasteiger partial charge in [-0.05, 0) is 87.7 Å². The van der Waals surface area contributed by atoms with Crippen molar-refractivity contribution in [3.05, 3.63) is 133 Å². The van der Waals surface area contributed by atoms with Crippen LogP contribution in [-0.4, -0.2) is 19.6 Å². The van der Waals surface area contributed by atoms with Crippen molar-refractivity contribution in [2.24, 2.45) is 0 Å². The molecule has 0 aliphatic carbocycles. The molecule has 0 bridgehead atoms. The SMILES string of the molecule is CC(C)(C)c1ccc2c(c1)c1cc(C(C)(C)C)c(-c3cccc(Sc4cc(-c5ccccc5)ccn4)c3)nc1n2-c1ccccc1O. The second-order valence-corrected chi connectivity index (χ2v) is 15.3. The summed E-state index contributed by atoms with van der Waals surface area (Å²) < 4.78 is 2.11. The summed E-state index contributed by atoms with van der Waals surface area (Å²) in [5.74, 6) is 0.220. The van der Waals surface area contributed by atoms with Gasteiger partial charge in [-0.2, -0.15) is 0 Å². The molecule has 0 aliphatic heterocycles. The maximum absolute atomic E-state index is 11.1. The van der Waals surface area contributed by atoms with E-state index in [2.05, 4.69) is 136 Å². The lowest BCUT2D eigenvalue weighted by Crippen LogP contribution is -2.14. The minimum atomic E-state index is -0.170. The van der Waals surface area contributed by atoms with Crippen molar-refractivity contribution in [3.63, 3.8) is 0 Å². The molecule has 0 amide bonds. The van der Waals surface area contributed by atoms with E-state index >= 15 is 0 Å². The molecule has 0 fully saturated rings. The number of nitrogens with zero attached hydrogens (tertiary/aromatic N) is 3. The normalized spacial score (nSPS) is 12.2. The first kappa shape index (κ1) is 30.8. The van der Waals surface area contributed by atoms with Gasteiger partial charge in [0.1, 0.15) is 16.4 Å². The second-order valence-electron chi connectivity index (χ2n) is 14.2. The summed E-state index contributed by atoms with van der Waals surface area (Å²) in [7, 11) is 0. The largest absolute Gasteiger partial charge is 0.506 e. The van der Waals surface area contributed by atoms with E-state index in [9.17, 15) is 5.11 Å². The Labute approximate surface area is 281 Å². The number of aromatic nitrogens is 3. The molecule has 5 heteroatoms. The maximum Gasteiger partial charge on any atom is 0.146 e. The Morgan fingerprint density at radius 2 is 1.38 bits per heavy atom. The van der Waals surface area contributed by atoms with Crippen molar-refractivity contribution >= 4 is 33.7 Å². The van der Waals surface area contributed by atoms with Crippen LogP contribution in [0.4, 0.5) is 0 Å². The lowest BCUT2D eigenvalue weighted by molar-refractivity contribution is 0.473. The topological polar surface area (TPSA) is 50.9 Å². The molecule has 0 saturated carbocycles. The van der Waals surface area contributed by atoms with Gasteiger partial charge in [0.05, 0.1) is 16.9 Å². The number of fused-ring (bicyclic) bond motifs is 3. The predicted molar refractivity (Wildman–Crippen MR) is 197 cm³/mol. The van der Waals surface area contributed by atoms with Crippen LogP contribution in [0.25, 0.3) is 50.0 Å². The minimum absolute atomic E-state index is 0.00863. The zero-order chi connectivity index (χ0) is 32.9. The molecule has 0 radical (unpaired) electrons. The van der Waals surface area contributed by atoms with E-state index in [-0.39, 0.29) is 16.6 Å². The number of phenols is 1. The highest BCUT2D eigenvalue weighted by atomic mass is 32.2. The lowest BCUT2D eigenvalue weighted by atomic mass is 9.83. The molecule has 0 spiro atoms. The molecule has 4 aromatic carbocycles. The Balaban J connectivity index is 1.42. The molecule has 3 aromatic heterocycles. The summed E-state index contributed by atoms with van der Waals surface area (Å²) >= 11 is 1.65. The number of para-hydroxylation sites is 2. The third-order valence-corrected chi connectivity index (χ3v) is 9.63. The summed E-state index contributed by atoms with van der Waals surface area (Å²) in [5.41, 5.74) is 9.12. The molecular weight excluding hydrogens is 595 g/mol. The third-order valence-electron chi connectivity index (χ3n) is 8.71. The van der Waals surface area contributed by atoms with Crippen LogP contribution in [0.1, 0.15) is 52.7 Å². The molecule has 0 aliphatic rings. The fourth-order valence-corrected chi connectivity index (χ4v) is 7.06. The van der Waals surface area contributed by atoms with Gasteiger partial charge in [-0.15, -0.1) is 0 Å². The summed E-state index contributed by atoms with van der Waals surface area (Å²) in [6, 6.07) is 39.7. The fourth-order valence-electron chi connectivity index (χ4n) is 6.19. The van der Waals surface area contributed by atoms with E-state index in [1.54, 1.807) is 17.8 Å². The van der Waals surface area contributed by atoms with Crippen molar-refractivity contribution in [3.8, 4) is 33.8 Å². The van der Waals surface area contributed by atoms with Crippen molar-refractivity contribution in [2.75, 3.05) is 0 Å². The minimum Gasteiger partial charge on any atom is -0.506 e. The summed E-state index contributed by atoms with van der Waals surface area (Å²) in [4.78, 5) is 11.3.